The summed E-state index contributed by atoms with van der Waals surface area (Å²) in [6, 6.07) is 5.65. The molecule has 0 aliphatic carbocycles. The summed E-state index contributed by atoms with van der Waals surface area (Å²) >= 11 is 1.84. The number of rotatable bonds is 3. The second-order valence-electron chi connectivity index (χ2n) is 6.71. The minimum absolute atomic E-state index is 0.0229. The Balaban J connectivity index is 1.53. The molecule has 27 heavy (non-hydrogen) atoms. The first-order chi connectivity index (χ1) is 13.1. The van der Waals surface area contributed by atoms with E-state index < -0.39 is 11.9 Å². The van der Waals surface area contributed by atoms with Gasteiger partial charge in [-0.05, 0) is 37.1 Å². The van der Waals surface area contributed by atoms with Crippen LogP contribution in [0.15, 0.2) is 36.7 Å². The first kappa shape index (κ1) is 18.0. The van der Waals surface area contributed by atoms with E-state index in [1.54, 1.807) is 35.5 Å². The smallest absolute Gasteiger partial charge is 0.254 e. The molecule has 8 heteroatoms. The number of amides is 2. The molecule has 1 unspecified atom stereocenters. The lowest BCUT2D eigenvalue weighted by atomic mass is 10.1. The van der Waals surface area contributed by atoms with Gasteiger partial charge in [0.15, 0.2) is 0 Å². The van der Waals surface area contributed by atoms with Gasteiger partial charge in [-0.3, -0.25) is 9.59 Å². The van der Waals surface area contributed by atoms with Crippen LogP contribution in [0.4, 0.5) is 4.39 Å². The van der Waals surface area contributed by atoms with Gasteiger partial charge in [0, 0.05) is 49.1 Å². The Hall–Kier alpha value is -2.35. The fraction of sp³-hybridized carbons (Fsp3) is 0.421. The van der Waals surface area contributed by atoms with Crippen molar-refractivity contribution >= 4 is 23.6 Å². The van der Waals surface area contributed by atoms with E-state index in [-0.39, 0.29) is 23.1 Å². The molecule has 0 spiro atoms. The Kier molecular flexibility index (Phi) is 5.15. The summed E-state index contributed by atoms with van der Waals surface area (Å²) in [5.74, 6) is 1.09. The van der Waals surface area contributed by atoms with E-state index >= 15 is 0 Å². The molecule has 2 aliphatic rings. The predicted octanol–water partition coefficient (Wildman–Crippen LogP) is 2.19. The fourth-order valence-electron chi connectivity index (χ4n) is 3.66. The maximum absolute atomic E-state index is 14.5. The monoisotopic (exact) mass is 388 g/mol. The van der Waals surface area contributed by atoms with Crippen LogP contribution in [0.1, 0.15) is 23.2 Å². The van der Waals surface area contributed by atoms with Crippen LogP contribution >= 0.6 is 11.8 Å². The first-order valence-corrected chi connectivity index (χ1v) is 10.3. The van der Waals surface area contributed by atoms with Crippen molar-refractivity contribution in [2.24, 2.45) is 0 Å². The standard InChI is InChI=1S/C19H21FN4O2S/c20-15-13-14(4-5-16(15)24-8-2-6-21-24)18(25)23-7-1-3-17(23)19(26)22-9-11-27-12-10-22/h2,4-6,8,13,17H,1,3,7,9-12H2. The minimum Gasteiger partial charge on any atom is -0.339 e. The van der Waals surface area contributed by atoms with Gasteiger partial charge in [-0.1, -0.05) is 0 Å². The SMILES string of the molecule is O=C(C1CCCN1C(=O)c1ccc(-n2cccn2)c(F)c1)N1CCSCC1. The van der Waals surface area contributed by atoms with E-state index in [4.69, 9.17) is 0 Å². The molecule has 0 radical (unpaired) electrons. The highest BCUT2D eigenvalue weighted by Gasteiger charge is 2.37. The summed E-state index contributed by atoms with van der Waals surface area (Å²) < 4.78 is 15.9. The van der Waals surface area contributed by atoms with Crippen LogP contribution in [-0.4, -0.2) is 68.6 Å². The molecule has 142 valence electrons. The van der Waals surface area contributed by atoms with Gasteiger partial charge < -0.3 is 9.80 Å². The second kappa shape index (κ2) is 7.72. The highest BCUT2D eigenvalue weighted by Crippen LogP contribution is 2.24. The first-order valence-electron chi connectivity index (χ1n) is 9.12. The van der Waals surface area contributed by atoms with Gasteiger partial charge in [-0.25, -0.2) is 9.07 Å². The van der Waals surface area contributed by atoms with Crippen molar-refractivity contribution in [2.75, 3.05) is 31.1 Å². The third-order valence-corrected chi connectivity index (χ3v) is 6.01. The fourth-order valence-corrected chi connectivity index (χ4v) is 4.57. The number of hydrogen-bond acceptors (Lipinski definition) is 4. The predicted molar refractivity (Wildman–Crippen MR) is 101 cm³/mol. The van der Waals surface area contributed by atoms with Gasteiger partial charge in [0.25, 0.3) is 5.91 Å². The van der Waals surface area contributed by atoms with Crippen LogP contribution in [-0.2, 0) is 4.79 Å². The molecule has 1 aromatic carbocycles. The molecule has 0 bridgehead atoms. The molecule has 4 rings (SSSR count). The van der Waals surface area contributed by atoms with Gasteiger partial charge in [0.05, 0.1) is 0 Å². The van der Waals surface area contributed by atoms with Crippen molar-refractivity contribution in [1.29, 1.82) is 0 Å². The third kappa shape index (κ3) is 3.58. The second-order valence-corrected chi connectivity index (χ2v) is 7.94. The quantitative estimate of drug-likeness (QED) is 0.809. The molecule has 6 nitrogen and oxygen atoms in total. The molecule has 2 saturated heterocycles. The number of nitrogens with zero attached hydrogens (tertiary/aromatic N) is 4. The van der Waals surface area contributed by atoms with Crippen molar-refractivity contribution in [3.8, 4) is 5.69 Å². The molecule has 1 atom stereocenters. The van der Waals surface area contributed by atoms with E-state index in [0.29, 0.717) is 13.0 Å². The number of likely N-dealkylation sites (tertiary alicyclic amines) is 1. The number of carbonyl (C=O) groups is 2. The van der Waals surface area contributed by atoms with Gasteiger partial charge in [-0.2, -0.15) is 16.9 Å². The molecule has 2 fully saturated rings. The number of hydrogen-bond donors (Lipinski definition) is 0. The topological polar surface area (TPSA) is 58.4 Å². The van der Waals surface area contributed by atoms with Crippen LogP contribution in [0.25, 0.3) is 5.69 Å². The van der Waals surface area contributed by atoms with E-state index in [1.165, 1.54) is 10.7 Å². The Bertz CT molecular complexity index is 836. The van der Waals surface area contributed by atoms with E-state index in [1.807, 2.05) is 16.7 Å². The van der Waals surface area contributed by atoms with Gasteiger partial charge >= 0.3 is 0 Å². The van der Waals surface area contributed by atoms with Crippen LogP contribution in [0, 0.1) is 5.82 Å². The van der Waals surface area contributed by atoms with E-state index in [0.717, 1.165) is 31.0 Å². The Morgan fingerprint density at radius 3 is 2.70 bits per heavy atom. The Morgan fingerprint density at radius 2 is 2.00 bits per heavy atom. The number of thioether (sulfide) groups is 1. The van der Waals surface area contributed by atoms with Gasteiger partial charge in [-0.15, -0.1) is 0 Å². The highest BCUT2D eigenvalue weighted by atomic mass is 32.2. The summed E-state index contributed by atoms with van der Waals surface area (Å²) in [6.45, 7) is 1.99. The van der Waals surface area contributed by atoms with Crippen molar-refractivity contribution < 1.29 is 14.0 Å². The third-order valence-electron chi connectivity index (χ3n) is 5.07. The number of aromatic nitrogens is 2. The van der Waals surface area contributed by atoms with Crippen molar-refractivity contribution in [3.05, 3.63) is 48.0 Å². The number of halogens is 1. The average Bonchev–Trinajstić information content (AvgIpc) is 3.39. The zero-order valence-corrected chi connectivity index (χ0v) is 15.7. The lowest BCUT2D eigenvalue weighted by Crippen LogP contribution is -2.50. The lowest BCUT2D eigenvalue weighted by molar-refractivity contribution is -0.134. The summed E-state index contributed by atoms with van der Waals surface area (Å²) in [5.41, 5.74) is 0.550. The van der Waals surface area contributed by atoms with Crippen LogP contribution < -0.4 is 0 Å². The zero-order valence-electron chi connectivity index (χ0n) is 14.9. The van der Waals surface area contributed by atoms with Crippen LogP contribution in [0.3, 0.4) is 0 Å². The molecule has 0 saturated carbocycles. The largest absolute Gasteiger partial charge is 0.339 e. The lowest BCUT2D eigenvalue weighted by Gasteiger charge is -2.32. The molecule has 2 aliphatic heterocycles. The normalized spacial score (nSPS) is 20.1. The summed E-state index contributed by atoms with van der Waals surface area (Å²) in [7, 11) is 0. The molecule has 0 N–H and O–H groups in total. The van der Waals surface area contributed by atoms with Crippen molar-refractivity contribution in [3.63, 3.8) is 0 Å². The van der Waals surface area contributed by atoms with Crippen molar-refractivity contribution in [2.45, 2.75) is 18.9 Å². The molecule has 3 heterocycles. The van der Waals surface area contributed by atoms with Crippen LogP contribution in [0.2, 0.25) is 0 Å². The van der Waals surface area contributed by atoms with E-state index in [2.05, 4.69) is 5.10 Å². The highest BCUT2D eigenvalue weighted by molar-refractivity contribution is 7.99. The Labute approximate surface area is 161 Å². The maximum atomic E-state index is 14.5. The summed E-state index contributed by atoms with van der Waals surface area (Å²) in [6.07, 6.45) is 4.67. The van der Waals surface area contributed by atoms with Crippen molar-refractivity contribution in [1.82, 2.24) is 19.6 Å². The summed E-state index contributed by atoms with van der Waals surface area (Å²) in [4.78, 5) is 29.3. The maximum Gasteiger partial charge on any atom is 0.254 e. The van der Waals surface area contributed by atoms with Crippen LogP contribution in [0.5, 0.6) is 0 Å². The number of carbonyl (C=O) groups excluding carboxylic acids is 2. The zero-order chi connectivity index (χ0) is 18.8. The minimum atomic E-state index is -0.514. The molecule has 2 aromatic rings. The molecule has 1 aromatic heterocycles. The average molecular weight is 388 g/mol. The van der Waals surface area contributed by atoms with Gasteiger partial charge in [0.2, 0.25) is 5.91 Å². The van der Waals surface area contributed by atoms with Gasteiger partial charge in [0.1, 0.15) is 17.5 Å². The summed E-state index contributed by atoms with van der Waals surface area (Å²) in [5, 5.41) is 4.02. The molecular weight excluding hydrogens is 367 g/mol. The number of benzene rings is 1. The molecular formula is C19H21FN4O2S. The van der Waals surface area contributed by atoms with E-state index in [9.17, 15) is 14.0 Å². The Morgan fingerprint density at radius 1 is 1.19 bits per heavy atom. The molecule has 2 amide bonds.